The molecule has 23 heavy (non-hydrogen) atoms. The van der Waals surface area contributed by atoms with Gasteiger partial charge in [-0.3, -0.25) is 4.79 Å². The first kappa shape index (κ1) is 15.8. The molecule has 2 aromatic carbocycles. The highest BCUT2D eigenvalue weighted by atomic mass is 32.2. The van der Waals surface area contributed by atoms with Gasteiger partial charge in [-0.1, -0.05) is 54.2 Å². The maximum atomic E-state index is 12.3. The molecule has 3 aromatic rings. The van der Waals surface area contributed by atoms with Crippen molar-refractivity contribution in [1.29, 1.82) is 0 Å². The number of hydrogen-bond donors (Lipinski definition) is 0. The molecule has 0 N–H and O–H groups in total. The number of aryl methyl sites for hydroxylation is 3. The quantitative estimate of drug-likeness (QED) is 0.492. The number of thioether (sulfide) groups is 1. The van der Waals surface area contributed by atoms with Crippen LogP contribution in [0.1, 0.15) is 27.0 Å². The molecule has 0 aliphatic carbocycles. The van der Waals surface area contributed by atoms with Crippen molar-refractivity contribution in [2.45, 2.75) is 25.8 Å². The van der Waals surface area contributed by atoms with Crippen molar-refractivity contribution in [1.82, 2.24) is 4.98 Å². The molecule has 0 amide bonds. The topological polar surface area (TPSA) is 30.0 Å². The van der Waals surface area contributed by atoms with Crippen LogP contribution >= 0.6 is 11.8 Å². The number of aromatic nitrogens is 1. The lowest BCUT2D eigenvalue weighted by Crippen LogP contribution is -2.03. The third kappa shape index (κ3) is 3.30. The summed E-state index contributed by atoms with van der Waals surface area (Å²) < 4.78 is 0. The van der Waals surface area contributed by atoms with E-state index in [2.05, 4.69) is 39.0 Å². The Bertz CT molecular complexity index is 872. The Morgan fingerprint density at radius 2 is 1.74 bits per heavy atom. The zero-order chi connectivity index (χ0) is 16.4. The average molecular weight is 321 g/mol. The monoisotopic (exact) mass is 321 g/mol. The summed E-state index contributed by atoms with van der Waals surface area (Å²) in [6, 6.07) is 15.8. The van der Waals surface area contributed by atoms with Crippen LogP contribution in [0.2, 0.25) is 0 Å². The number of nitrogens with zero attached hydrogens (tertiary/aromatic N) is 1. The third-order valence-corrected chi connectivity index (χ3v) is 5.18. The van der Waals surface area contributed by atoms with Gasteiger partial charge >= 0.3 is 0 Å². The van der Waals surface area contributed by atoms with E-state index in [1.807, 2.05) is 30.3 Å². The Hall–Kier alpha value is -2.13. The van der Waals surface area contributed by atoms with Gasteiger partial charge in [0.05, 0.1) is 11.3 Å². The molecule has 0 radical (unpaired) electrons. The summed E-state index contributed by atoms with van der Waals surface area (Å²) >= 11 is 1.52. The molecule has 0 saturated carbocycles. The summed E-state index contributed by atoms with van der Waals surface area (Å²) in [5.74, 6) is 0.548. The lowest BCUT2D eigenvalue weighted by atomic mass is 10.0. The van der Waals surface area contributed by atoms with Crippen molar-refractivity contribution < 1.29 is 4.79 Å². The minimum absolute atomic E-state index is 0.137. The van der Waals surface area contributed by atoms with E-state index < -0.39 is 0 Å². The maximum Gasteiger partial charge on any atom is 0.173 e. The van der Waals surface area contributed by atoms with Crippen molar-refractivity contribution in [2.75, 3.05) is 5.75 Å². The van der Waals surface area contributed by atoms with Crippen molar-refractivity contribution in [2.24, 2.45) is 0 Å². The number of rotatable bonds is 4. The minimum Gasteiger partial charge on any atom is -0.293 e. The first-order valence-corrected chi connectivity index (χ1v) is 8.63. The molecule has 0 spiro atoms. The van der Waals surface area contributed by atoms with E-state index in [-0.39, 0.29) is 5.78 Å². The van der Waals surface area contributed by atoms with Crippen LogP contribution in [0.4, 0.5) is 0 Å². The highest BCUT2D eigenvalue weighted by molar-refractivity contribution is 8.00. The molecular weight excluding hydrogens is 302 g/mol. The molecule has 116 valence electrons. The van der Waals surface area contributed by atoms with Gasteiger partial charge in [0.15, 0.2) is 5.78 Å². The van der Waals surface area contributed by atoms with Gasteiger partial charge in [0.1, 0.15) is 5.03 Å². The van der Waals surface area contributed by atoms with Gasteiger partial charge < -0.3 is 0 Å². The minimum atomic E-state index is 0.137. The van der Waals surface area contributed by atoms with Crippen LogP contribution < -0.4 is 0 Å². The first-order chi connectivity index (χ1) is 11.1. The molecular formula is C20H19NOS. The molecule has 0 bridgehead atoms. The average Bonchev–Trinajstić information content (AvgIpc) is 2.57. The number of hydrogen-bond acceptors (Lipinski definition) is 3. The van der Waals surface area contributed by atoms with E-state index >= 15 is 0 Å². The number of fused-ring (bicyclic) bond motifs is 1. The second kappa shape index (κ2) is 6.55. The van der Waals surface area contributed by atoms with Gasteiger partial charge in [-0.05, 0) is 43.5 Å². The number of carbonyl (C=O) groups is 1. The smallest absolute Gasteiger partial charge is 0.173 e. The summed E-state index contributed by atoms with van der Waals surface area (Å²) in [5.41, 5.74) is 5.35. The van der Waals surface area contributed by atoms with Crippen molar-refractivity contribution in [3.63, 3.8) is 0 Å². The number of pyridine rings is 1. The van der Waals surface area contributed by atoms with Gasteiger partial charge in [-0.2, -0.15) is 0 Å². The molecule has 3 rings (SSSR count). The number of Topliss-reactive ketones (excluding diaryl/α,β-unsaturated/α-hetero) is 1. The van der Waals surface area contributed by atoms with E-state index in [1.165, 1.54) is 22.9 Å². The molecule has 0 aliphatic rings. The molecule has 2 nitrogen and oxygen atoms in total. The third-order valence-electron chi connectivity index (χ3n) is 4.09. The van der Waals surface area contributed by atoms with Crippen LogP contribution in [0, 0.1) is 20.8 Å². The summed E-state index contributed by atoms with van der Waals surface area (Å²) in [4.78, 5) is 17.1. The zero-order valence-corrected chi connectivity index (χ0v) is 14.4. The lowest BCUT2D eigenvalue weighted by molar-refractivity contribution is 0.102. The van der Waals surface area contributed by atoms with Crippen LogP contribution in [-0.2, 0) is 0 Å². The van der Waals surface area contributed by atoms with Crippen LogP contribution in [0.5, 0.6) is 0 Å². The molecule has 0 aliphatic heterocycles. The predicted molar refractivity (Wildman–Crippen MR) is 97.5 cm³/mol. The lowest BCUT2D eigenvalue weighted by Gasteiger charge is -2.10. The molecule has 3 heteroatoms. The fourth-order valence-electron chi connectivity index (χ4n) is 2.56. The van der Waals surface area contributed by atoms with Gasteiger partial charge in [-0.25, -0.2) is 4.98 Å². The number of benzene rings is 2. The van der Waals surface area contributed by atoms with Gasteiger partial charge in [0.2, 0.25) is 0 Å². The van der Waals surface area contributed by atoms with E-state index in [0.717, 1.165) is 27.1 Å². The Labute approximate surface area is 140 Å². The van der Waals surface area contributed by atoms with Crippen LogP contribution in [-0.4, -0.2) is 16.5 Å². The number of ketones is 1. The van der Waals surface area contributed by atoms with E-state index in [0.29, 0.717) is 5.75 Å². The molecule has 1 aromatic heterocycles. The molecule has 1 heterocycles. The van der Waals surface area contributed by atoms with Gasteiger partial charge in [0.25, 0.3) is 0 Å². The summed E-state index contributed by atoms with van der Waals surface area (Å²) in [6.45, 7) is 6.25. The summed E-state index contributed by atoms with van der Waals surface area (Å²) in [7, 11) is 0. The molecule has 0 fully saturated rings. The fourth-order valence-corrected chi connectivity index (χ4v) is 3.44. The zero-order valence-electron chi connectivity index (χ0n) is 13.6. The molecule has 0 saturated heterocycles. The fraction of sp³-hybridized carbons (Fsp3) is 0.200. The molecule has 0 unspecified atom stereocenters. The van der Waals surface area contributed by atoms with Crippen molar-refractivity contribution >= 4 is 28.4 Å². The second-order valence-electron chi connectivity index (χ2n) is 5.77. The SMILES string of the molecule is Cc1cc2ccc(C)c(C)c2nc1SCC(=O)c1ccccc1. The van der Waals surface area contributed by atoms with Crippen LogP contribution in [0.25, 0.3) is 10.9 Å². The maximum absolute atomic E-state index is 12.3. The van der Waals surface area contributed by atoms with E-state index in [9.17, 15) is 4.79 Å². The highest BCUT2D eigenvalue weighted by Crippen LogP contribution is 2.27. The summed E-state index contributed by atoms with van der Waals surface area (Å²) in [6.07, 6.45) is 0. The molecule has 0 atom stereocenters. The normalized spacial score (nSPS) is 10.9. The van der Waals surface area contributed by atoms with E-state index in [1.54, 1.807) is 0 Å². The first-order valence-electron chi connectivity index (χ1n) is 7.65. The Kier molecular flexibility index (Phi) is 4.49. The van der Waals surface area contributed by atoms with Crippen LogP contribution in [0.3, 0.4) is 0 Å². The standard InChI is InChI=1S/C20H19NOS/c1-13-9-10-17-11-14(2)20(21-19(17)15(13)3)23-12-18(22)16-7-5-4-6-8-16/h4-11H,12H2,1-3H3. The van der Waals surface area contributed by atoms with Crippen molar-refractivity contribution in [3.8, 4) is 0 Å². The highest BCUT2D eigenvalue weighted by Gasteiger charge is 2.11. The van der Waals surface area contributed by atoms with Gasteiger partial charge in [0, 0.05) is 10.9 Å². The van der Waals surface area contributed by atoms with Crippen LogP contribution in [0.15, 0.2) is 53.6 Å². The predicted octanol–water partition coefficient (Wildman–Crippen LogP) is 5.14. The summed E-state index contributed by atoms with van der Waals surface area (Å²) in [5, 5.41) is 2.10. The Balaban J connectivity index is 1.87. The van der Waals surface area contributed by atoms with Gasteiger partial charge in [-0.15, -0.1) is 0 Å². The second-order valence-corrected chi connectivity index (χ2v) is 6.73. The number of carbonyl (C=O) groups excluding carboxylic acids is 1. The van der Waals surface area contributed by atoms with E-state index in [4.69, 9.17) is 4.98 Å². The Morgan fingerprint density at radius 3 is 2.48 bits per heavy atom. The Morgan fingerprint density at radius 1 is 1.00 bits per heavy atom. The van der Waals surface area contributed by atoms with Crippen molar-refractivity contribution in [3.05, 3.63) is 70.8 Å². The largest absolute Gasteiger partial charge is 0.293 e.